The Balaban J connectivity index is 1.91. The average Bonchev–Trinajstić information content (AvgIpc) is 2.64. The Morgan fingerprint density at radius 1 is 1.46 bits per heavy atom. The molecule has 0 aromatic rings. The molecule has 1 fully saturated rings. The molecule has 0 unspecified atom stereocenters. The molecule has 13 heavy (non-hydrogen) atoms. The molecule has 0 aromatic heterocycles. The first kappa shape index (κ1) is 11.4. The van der Waals surface area contributed by atoms with Crippen molar-refractivity contribution in [1.29, 1.82) is 0 Å². The summed E-state index contributed by atoms with van der Waals surface area (Å²) >= 11 is 0. The number of carbonyl (C=O) groups excluding carboxylic acids is 1. The highest BCUT2D eigenvalue weighted by atomic mass is 33.1. The predicted octanol–water partition coefficient (Wildman–Crippen LogP) is 3.68. The number of hydrogen-bond acceptors (Lipinski definition) is 3. The third-order valence-electron chi connectivity index (χ3n) is 2.35. The fourth-order valence-corrected chi connectivity index (χ4v) is 4.46. The van der Waals surface area contributed by atoms with Gasteiger partial charge in [-0.25, -0.2) is 0 Å². The molecule has 1 heterocycles. The van der Waals surface area contributed by atoms with Gasteiger partial charge in [-0.15, -0.1) is 0 Å². The fraction of sp³-hybridized carbons (Fsp3) is 0.900. The maximum Gasteiger partial charge on any atom is 0.132 e. The van der Waals surface area contributed by atoms with E-state index in [2.05, 4.69) is 0 Å². The van der Waals surface area contributed by atoms with Gasteiger partial charge in [0, 0.05) is 23.8 Å². The van der Waals surface area contributed by atoms with E-state index < -0.39 is 0 Å². The number of hydrogen-bond donors (Lipinski definition) is 0. The number of carbonyl (C=O) groups is 1. The highest BCUT2D eigenvalue weighted by Crippen LogP contribution is 2.39. The summed E-state index contributed by atoms with van der Waals surface area (Å²) in [6.45, 7) is 1.95. The molecule has 0 N–H and O–H groups in total. The van der Waals surface area contributed by atoms with Gasteiger partial charge in [0.15, 0.2) is 0 Å². The largest absolute Gasteiger partial charge is 0.300 e. The van der Waals surface area contributed by atoms with Crippen molar-refractivity contribution in [1.82, 2.24) is 0 Å². The van der Waals surface area contributed by atoms with Crippen LogP contribution in [0.4, 0.5) is 0 Å². The van der Waals surface area contributed by atoms with Crippen LogP contribution in [-0.2, 0) is 4.79 Å². The Bertz CT molecular complexity index is 153. The van der Waals surface area contributed by atoms with Crippen LogP contribution in [0.1, 0.15) is 45.4 Å². The molecule has 1 aliphatic heterocycles. The Hall–Kier alpha value is 0.370. The van der Waals surface area contributed by atoms with Gasteiger partial charge in [-0.2, -0.15) is 0 Å². The number of rotatable bonds is 6. The van der Waals surface area contributed by atoms with E-state index in [0.717, 1.165) is 18.1 Å². The lowest BCUT2D eigenvalue weighted by molar-refractivity contribution is -0.118. The van der Waals surface area contributed by atoms with Crippen LogP contribution in [0.15, 0.2) is 0 Å². The zero-order valence-corrected chi connectivity index (χ0v) is 9.88. The third kappa shape index (κ3) is 4.96. The van der Waals surface area contributed by atoms with Gasteiger partial charge in [0.1, 0.15) is 5.78 Å². The molecular weight excluding hydrogens is 200 g/mol. The number of unbranched alkanes of at least 4 members (excludes halogenated alkanes) is 1. The minimum absolute atomic E-state index is 0.424. The molecule has 1 saturated heterocycles. The molecular formula is C10H18OS2. The minimum Gasteiger partial charge on any atom is -0.300 e. The first-order valence-corrected chi connectivity index (χ1v) is 7.51. The predicted molar refractivity (Wildman–Crippen MR) is 62.2 cm³/mol. The summed E-state index contributed by atoms with van der Waals surface area (Å²) in [5.74, 6) is 1.75. The van der Waals surface area contributed by atoms with Crippen molar-refractivity contribution in [2.75, 3.05) is 5.75 Å². The minimum atomic E-state index is 0.424. The molecule has 1 rings (SSSR count). The highest BCUT2D eigenvalue weighted by molar-refractivity contribution is 8.77. The lowest BCUT2D eigenvalue weighted by Gasteiger charge is -2.05. The molecule has 0 saturated carbocycles. The monoisotopic (exact) mass is 218 g/mol. The summed E-state index contributed by atoms with van der Waals surface area (Å²) in [7, 11) is 4.04. The second-order valence-electron chi connectivity index (χ2n) is 3.47. The molecule has 1 aliphatic rings. The summed E-state index contributed by atoms with van der Waals surface area (Å²) < 4.78 is 0. The van der Waals surface area contributed by atoms with Crippen LogP contribution >= 0.6 is 21.6 Å². The van der Waals surface area contributed by atoms with Crippen LogP contribution in [0.25, 0.3) is 0 Å². The van der Waals surface area contributed by atoms with E-state index in [4.69, 9.17) is 0 Å². The fourth-order valence-electron chi connectivity index (χ4n) is 1.44. The van der Waals surface area contributed by atoms with Crippen molar-refractivity contribution >= 4 is 27.4 Å². The van der Waals surface area contributed by atoms with Crippen molar-refractivity contribution in [3.05, 3.63) is 0 Å². The van der Waals surface area contributed by atoms with Crippen LogP contribution < -0.4 is 0 Å². The van der Waals surface area contributed by atoms with E-state index in [9.17, 15) is 4.79 Å². The van der Waals surface area contributed by atoms with Crippen molar-refractivity contribution < 1.29 is 4.79 Å². The summed E-state index contributed by atoms with van der Waals surface area (Å²) in [5, 5.41) is 0.877. The summed E-state index contributed by atoms with van der Waals surface area (Å²) in [6, 6.07) is 0. The van der Waals surface area contributed by atoms with E-state index in [1.807, 2.05) is 28.5 Å². The van der Waals surface area contributed by atoms with E-state index in [1.165, 1.54) is 25.0 Å². The van der Waals surface area contributed by atoms with Crippen molar-refractivity contribution in [3.8, 4) is 0 Å². The lowest BCUT2D eigenvalue weighted by Crippen LogP contribution is -1.99. The van der Waals surface area contributed by atoms with Crippen LogP contribution in [-0.4, -0.2) is 16.8 Å². The average molecular weight is 218 g/mol. The van der Waals surface area contributed by atoms with Crippen molar-refractivity contribution in [2.24, 2.45) is 0 Å². The van der Waals surface area contributed by atoms with E-state index in [-0.39, 0.29) is 0 Å². The molecule has 0 amide bonds. The molecule has 3 heteroatoms. The van der Waals surface area contributed by atoms with Crippen LogP contribution in [0.5, 0.6) is 0 Å². The molecule has 0 bridgehead atoms. The Morgan fingerprint density at radius 2 is 2.31 bits per heavy atom. The van der Waals surface area contributed by atoms with Gasteiger partial charge in [0.05, 0.1) is 0 Å². The quantitative estimate of drug-likeness (QED) is 0.500. The van der Waals surface area contributed by atoms with Crippen molar-refractivity contribution in [3.63, 3.8) is 0 Å². The van der Waals surface area contributed by atoms with E-state index in [1.54, 1.807) is 0 Å². The normalized spacial score (nSPS) is 22.1. The van der Waals surface area contributed by atoms with Crippen molar-refractivity contribution in [2.45, 2.75) is 50.7 Å². The zero-order valence-electron chi connectivity index (χ0n) is 8.25. The number of Topliss-reactive ketones (excluding diaryl/α,β-unsaturated/α-hetero) is 1. The summed E-state index contributed by atoms with van der Waals surface area (Å²) in [5.41, 5.74) is 0. The standard InChI is InChI=1S/C10H18OS2/c1-2-9(11)5-3-4-6-10-7-8-12-13-10/h10H,2-8H2,1H3/t10-/m0/s1. The first-order valence-electron chi connectivity index (χ1n) is 5.13. The molecule has 76 valence electrons. The molecule has 1 nitrogen and oxygen atoms in total. The molecule has 0 spiro atoms. The number of ketones is 1. The maximum absolute atomic E-state index is 11.0. The Morgan fingerprint density at radius 3 is 2.92 bits per heavy atom. The van der Waals surface area contributed by atoms with Gasteiger partial charge in [-0.05, 0) is 19.3 Å². The summed E-state index contributed by atoms with van der Waals surface area (Å²) in [4.78, 5) is 11.0. The maximum atomic E-state index is 11.0. The molecule has 0 radical (unpaired) electrons. The van der Waals surface area contributed by atoms with Gasteiger partial charge >= 0.3 is 0 Å². The van der Waals surface area contributed by atoms with E-state index >= 15 is 0 Å². The topological polar surface area (TPSA) is 17.1 Å². The Kier molecular flexibility index (Phi) is 5.96. The van der Waals surface area contributed by atoms with Gasteiger partial charge in [-0.1, -0.05) is 34.9 Å². The lowest BCUT2D eigenvalue weighted by atomic mass is 10.1. The van der Waals surface area contributed by atoms with Gasteiger partial charge < -0.3 is 0 Å². The van der Waals surface area contributed by atoms with Gasteiger partial charge in [-0.3, -0.25) is 4.79 Å². The van der Waals surface area contributed by atoms with Gasteiger partial charge in [0.2, 0.25) is 0 Å². The second kappa shape index (κ2) is 6.77. The van der Waals surface area contributed by atoms with Gasteiger partial charge in [0.25, 0.3) is 0 Å². The smallest absolute Gasteiger partial charge is 0.132 e. The first-order chi connectivity index (χ1) is 6.33. The molecule has 0 aliphatic carbocycles. The highest BCUT2D eigenvalue weighted by Gasteiger charge is 2.15. The second-order valence-corrected chi connectivity index (χ2v) is 6.25. The van der Waals surface area contributed by atoms with Crippen LogP contribution in [0.3, 0.4) is 0 Å². The third-order valence-corrected chi connectivity index (χ3v) is 5.36. The van der Waals surface area contributed by atoms with Crippen LogP contribution in [0, 0.1) is 0 Å². The molecule has 0 aromatic carbocycles. The van der Waals surface area contributed by atoms with Crippen LogP contribution in [0.2, 0.25) is 0 Å². The summed E-state index contributed by atoms with van der Waals surface area (Å²) in [6.07, 6.45) is 6.55. The molecule has 1 atom stereocenters. The Labute approximate surface area is 88.8 Å². The van der Waals surface area contributed by atoms with E-state index in [0.29, 0.717) is 12.2 Å². The SMILES string of the molecule is CCC(=O)CCCC[C@H]1CCSS1. The zero-order chi connectivity index (χ0) is 9.52.